The van der Waals surface area contributed by atoms with Gasteiger partial charge in [0.15, 0.2) is 12.4 Å². The lowest BCUT2D eigenvalue weighted by molar-refractivity contribution is 0.154. The highest BCUT2D eigenvalue weighted by Gasteiger charge is 2.21. The van der Waals surface area contributed by atoms with E-state index in [2.05, 4.69) is 10.1 Å². The standard InChI is InChI=1S/C17H16N2O4/c20-13-6-1-5-12-11(13)4-2-7-14(12)22-10-16-18-17(19-23-16)15-8-3-9-21-15/h2-4,7-9,13,20H,1,5-6,10H2. The van der Waals surface area contributed by atoms with E-state index >= 15 is 0 Å². The molecule has 0 amide bonds. The first-order chi connectivity index (χ1) is 11.3. The van der Waals surface area contributed by atoms with E-state index in [-0.39, 0.29) is 6.61 Å². The smallest absolute Gasteiger partial charge is 0.264 e. The summed E-state index contributed by atoms with van der Waals surface area (Å²) in [6, 6.07) is 9.28. The predicted octanol–water partition coefficient (Wildman–Crippen LogP) is 3.28. The second-order valence-electron chi connectivity index (χ2n) is 5.51. The molecule has 0 bridgehead atoms. The lowest BCUT2D eigenvalue weighted by Crippen LogP contribution is -2.11. The first kappa shape index (κ1) is 14.0. The summed E-state index contributed by atoms with van der Waals surface area (Å²) in [6.45, 7) is 0.181. The highest BCUT2D eigenvalue weighted by Crippen LogP contribution is 2.35. The number of hydrogen-bond donors (Lipinski definition) is 1. The summed E-state index contributed by atoms with van der Waals surface area (Å²) in [6.07, 6.45) is 3.81. The molecule has 0 fully saturated rings. The van der Waals surface area contributed by atoms with Gasteiger partial charge >= 0.3 is 0 Å². The number of aliphatic hydroxyl groups excluding tert-OH is 1. The van der Waals surface area contributed by atoms with Crippen LogP contribution in [0.1, 0.15) is 36.0 Å². The molecule has 0 spiro atoms. The van der Waals surface area contributed by atoms with Crippen LogP contribution >= 0.6 is 0 Å². The molecule has 2 heterocycles. The van der Waals surface area contributed by atoms with Crippen molar-refractivity contribution < 1.29 is 18.8 Å². The number of aromatic nitrogens is 2. The van der Waals surface area contributed by atoms with Crippen LogP contribution in [0.15, 0.2) is 45.5 Å². The van der Waals surface area contributed by atoms with Crippen molar-refractivity contribution in [3.8, 4) is 17.3 Å². The maximum atomic E-state index is 10.1. The molecule has 4 rings (SSSR count). The molecule has 1 aliphatic carbocycles. The number of aliphatic hydroxyl groups is 1. The monoisotopic (exact) mass is 312 g/mol. The molecule has 1 aromatic carbocycles. The van der Waals surface area contributed by atoms with Gasteiger partial charge in [0.05, 0.1) is 12.4 Å². The van der Waals surface area contributed by atoms with Crippen molar-refractivity contribution in [2.75, 3.05) is 0 Å². The third-order valence-corrected chi connectivity index (χ3v) is 3.99. The zero-order valence-corrected chi connectivity index (χ0v) is 12.4. The zero-order valence-electron chi connectivity index (χ0n) is 12.4. The van der Waals surface area contributed by atoms with Gasteiger partial charge in [0.1, 0.15) is 5.75 Å². The predicted molar refractivity (Wildman–Crippen MR) is 80.7 cm³/mol. The van der Waals surface area contributed by atoms with E-state index in [1.807, 2.05) is 18.2 Å². The summed E-state index contributed by atoms with van der Waals surface area (Å²) in [7, 11) is 0. The quantitative estimate of drug-likeness (QED) is 0.796. The first-order valence-corrected chi connectivity index (χ1v) is 7.60. The van der Waals surface area contributed by atoms with Crippen molar-refractivity contribution in [3.63, 3.8) is 0 Å². The number of ether oxygens (including phenoxy) is 1. The number of benzene rings is 1. The topological polar surface area (TPSA) is 81.5 Å². The van der Waals surface area contributed by atoms with Crippen molar-refractivity contribution in [1.29, 1.82) is 0 Å². The van der Waals surface area contributed by atoms with Crippen molar-refractivity contribution in [3.05, 3.63) is 53.6 Å². The molecule has 6 nitrogen and oxygen atoms in total. The Morgan fingerprint density at radius 3 is 3.09 bits per heavy atom. The van der Waals surface area contributed by atoms with Gasteiger partial charge in [0.25, 0.3) is 5.89 Å². The van der Waals surface area contributed by atoms with Crippen LogP contribution in [-0.4, -0.2) is 15.2 Å². The van der Waals surface area contributed by atoms with Crippen LogP contribution in [0.4, 0.5) is 0 Å². The summed E-state index contributed by atoms with van der Waals surface area (Å²) >= 11 is 0. The second-order valence-corrected chi connectivity index (χ2v) is 5.51. The minimum atomic E-state index is -0.406. The van der Waals surface area contributed by atoms with Gasteiger partial charge < -0.3 is 18.8 Å². The van der Waals surface area contributed by atoms with Crippen LogP contribution in [0.2, 0.25) is 0 Å². The minimum Gasteiger partial charge on any atom is -0.483 e. The van der Waals surface area contributed by atoms with Gasteiger partial charge in [-0.1, -0.05) is 17.3 Å². The van der Waals surface area contributed by atoms with E-state index in [0.717, 1.165) is 36.1 Å². The molecule has 3 aromatic rings. The Morgan fingerprint density at radius 1 is 1.26 bits per heavy atom. The van der Waals surface area contributed by atoms with Crippen molar-refractivity contribution in [2.45, 2.75) is 32.0 Å². The molecule has 2 aromatic heterocycles. The molecule has 118 valence electrons. The van der Waals surface area contributed by atoms with Gasteiger partial charge in [-0.05, 0) is 48.6 Å². The molecular weight excluding hydrogens is 296 g/mol. The van der Waals surface area contributed by atoms with E-state index < -0.39 is 6.10 Å². The molecule has 1 N–H and O–H groups in total. The van der Waals surface area contributed by atoms with Crippen molar-refractivity contribution in [2.24, 2.45) is 0 Å². The summed E-state index contributed by atoms with van der Waals surface area (Å²) in [5, 5.41) is 13.9. The van der Waals surface area contributed by atoms with Crippen LogP contribution in [0.5, 0.6) is 5.75 Å². The second kappa shape index (κ2) is 5.89. The Kier molecular flexibility index (Phi) is 3.59. The van der Waals surface area contributed by atoms with Gasteiger partial charge in [-0.3, -0.25) is 0 Å². The molecule has 1 aliphatic rings. The lowest BCUT2D eigenvalue weighted by Gasteiger charge is -2.23. The van der Waals surface area contributed by atoms with Crippen LogP contribution in [0.3, 0.4) is 0 Å². The Hall–Kier alpha value is -2.60. The summed E-state index contributed by atoms with van der Waals surface area (Å²) in [5.74, 6) is 2.10. The maximum absolute atomic E-state index is 10.1. The van der Waals surface area contributed by atoms with Gasteiger partial charge in [0.2, 0.25) is 5.82 Å². The Balaban J connectivity index is 1.51. The molecule has 1 unspecified atom stereocenters. The average Bonchev–Trinajstić information content (AvgIpc) is 3.25. The van der Waals surface area contributed by atoms with E-state index in [9.17, 15) is 5.11 Å². The first-order valence-electron chi connectivity index (χ1n) is 7.60. The number of nitrogens with zero attached hydrogens (tertiary/aromatic N) is 2. The number of furan rings is 1. The normalized spacial score (nSPS) is 17.0. The Labute approximate surface area is 132 Å². The molecule has 0 aliphatic heterocycles. The average molecular weight is 312 g/mol. The van der Waals surface area contributed by atoms with E-state index in [1.165, 1.54) is 0 Å². The largest absolute Gasteiger partial charge is 0.483 e. The highest BCUT2D eigenvalue weighted by atomic mass is 16.5. The molecule has 0 radical (unpaired) electrons. The fourth-order valence-corrected chi connectivity index (χ4v) is 2.88. The number of rotatable bonds is 4. The van der Waals surface area contributed by atoms with Gasteiger partial charge in [-0.15, -0.1) is 0 Å². The number of fused-ring (bicyclic) bond motifs is 1. The zero-order chi connectivity index (χ0) is 15.6. The van der Waals surface area contributed by atoms with Crippen LogP contribution < -0.4 is 4.74 Å². The highest BCUT2D eigenvalue weighted by molar-refractivity contribution is 5.45. The van der Waals surface area contributed by atoms with E-state index in [0.29, 0.717) is 17.5 Å². The summed E-state index contributed by atoms with van der Waals surface area (Å²) in [4.78, 5) is 4.25. The fourth-order valence-electron chi connectivity index (χ4n) is 2.88. The minimum absolute atomic E-state index is 0.181. The number of hydrogen-bond acceptors (Lipinski definition) is 6. The van der Waals surface area contributed by atoms with E-state index in [4.69, 9.17) is 13.7 Å². The van der Waals surface area contributed by atoms with Gasteiger partial charge in [-0.25, -0.2) is 0 Å². The lowest BCUT2D eigenvalue weighted by atomic mass is 9.89. The third kappa shape index (κ3) is 2.73. The third-order valence-electron chi connectivity index (χ3n) is 3.99. The summed E-state index contributed by atoms with van der Waals surface area (Å²) in [5.41, 5.74) is 2.02. The SMILES string of the molecule is OC1CCCc2c(OCc3nc(-c4ccco4)no3)cccc21. The Bertz CT molecular complexity index is 795. The van der Waals surface area contributed by atoms with Crippen molar-refractivity contribution in [1.82, 2.24) is 10.1 Å². The van der Waals surface area contributed by atoms with Gasteiger partial charge in [-0.2, -0.15) is 4.98 Å². The van der Waals surface area contributed by atoms with Crippen LogP contribution in [0.25, 0.3) is 11.6 Å². The van der Waals surface area contributed by atoms with Crippen LogP contribution in [0, 0.1) is 0 Å². The molecule has 6 heteroatoms. The van der Waals surface area contributed by atoms with Gasteiger partial charge in [0, 0.05) is 0 Å². The fraction of sp³-hybridized carbons (Fsp3) is 0.294. The maximum Gasteiger partial charge on any atom is 0.264 e. The van der Waals surface area contributed by atoms with Crippen LogP contribution in [-0.2, 0) is 13.0 Å². The Morgan fingerprint density at radius 2 is 2.22 bits per heavy atom. The molecule has 0 saturated heterocycles. The molecule has 0 saturated carbocycles. The van der Waals surface area contributed by atoms with E-state index in [1.54, 1.807) is 18.4 Å². The van der Waals surface area contributed by atoms with Crippen molar-refractivity contribution >= 4 is 0 Å². The molecule has 1 atom stereocenters. The molecular formula is C17H16N2O4. The summed E-state index contributed by atoms with van der Waals surface area (Å²) < 4.78 is 16.2. The molecule has 23 heavy (non-hydrogen) atoms.